The minimum atomic E-state index is -0.853. The minimum absolute atomic E-state index is 0. The first-order chi connectivity index (χ1) is 32.4. The van der Waals surface area contributed by atoms with Crippen LogP contribution in [0.15, 0.2) is 22.4 Å². The molecule has 2 N–H and O–H groups in total. The zero-order valence-corrected chi connectivity index (χ0v) is 58.6. The van der Waals surface area contributed by atoms with Gasteiger partial charge in [-0.3, -0.25) is 4.85 Å². The summed E-state index contributed by atoms with van der Waals surface area (Å²) >= 11 is 4.24. The normalized spacial score (nSPS) is 13.7. The summed E-state index contributed by atoms with van der Waals surface area (Å²) < 4.78 is 0. The number of nitrogens with two attached hydrogens (primary N) is 1. The summed E-state index contributed by atoms with van der Waals surface area (Å²) in [5, 5.41) is 34.2. The molecule has 0 fully saturated rings. The van der Waals surface area contributed by atoms with E-state index in [1.165, 1.54) is 56.9 Å². The monoisotopic (exact) mass is 1270 g/mol. The summed E-state index contributed by atoms with van der Waals surface area (Å²) in [4.78, 5) is 3.24. The Labute approximate surface area is 493 Å². The molecule has 0 spiro atoms. The maximum atomic E-state index is 9.04. The second kappa shape index (κ2) is 40.0. The molecule has 0 rings (SSSR count). The molecule has 442 valence electrons. The largest absolute Gasteiger partial charge is 0.335 e. The number of hydrogen-bond acceptors (Lipinski definition) is 6. The molecule has 0 saturated carbocycles. The summed E-state index contributed by atoms with van der Waals surface area (Å²) in [5.41, 5.74) is 7.09. The maximum absolute atomic E-state index is 9.04. The molecule has 0 aliphatic rings. The van der Waals surface area contributed by atoms with Crippen molar-refractivity contribution < 1.29 is 2.85 Å². The van der Waals surface area contributed by atoms with E-state index in [1.54, 1.807) is 27.7 Å². The van der Waals surface area contributed by atoms with E-state index >= 15 is 0 Å². The molecule has 9 heteroatoms. The molecule has 0 amide bonds. The smallest absolute Gasteiger partial charge is 0.330 e. The zero-order chi connectivity index (χ0) is 59.8. The first-order valence-corrected chi connectivity index (χ1v) is 34.2. The van der Waals surface area contributed by atoms with Gasteiger partial charge in [-0.1, -0.05) is 158 Å². The van der Waals surface area contributed by atoms with Gasteiger partial charge in [0.2, 0.25) is 0 Å². The Hall–Kier alpha value is -1.28. The number of nitrogens with zero attached hydrogens (tertiary/aromatic N) is 6. The molecule has 0 aromatic heterocycles. The van der Waals surface area contributed by atoms with Crippen LogP contribution in [0.3, 0.4) is 0 Å². The third-order valence-corrected chi connectivity index (χ3v) is 12.2. The van der Waals surface area contributed by atoms with E-state index in [0.29, 0.717) is 38.9 Å². The molecule has 0 saturated heterocycles. The van der Waals surface area contributed by atoms with E-state index in [-0.39, 0.29) is 21.1 Å². The van der Waals surface area contributed by atoms with Gasteiger partial charge in [0.05, 0.1) is 29.0 Å². The van der Waals surface area contributed by atoms with Gasteiger partial charge in [0.25, 0.3) is 0 Å². The Bertz CT molecular complexity index is 1580. The van der Waals surface area contributed by atoms with Crippen molar-refractivity contribution in [2.45, 2.75) is 297 Å². The Morgan fingerprint density at radius 2 is 0.743 bits per heavy atom. The predicted octanol–water partition coefficient (Wildman–Crippen LogP) is 23.8. The van der Waals surface area contributed by atoms with Crippen molar-refractivity contribution >= 4 is 37.2 Å². The minimum Gasteiger partial charge on any atom is -0.330 e. The van der Waals surface area contributed by atoms with E-state index < -0.39 is 11.2 Å². The molecule has 74 heavy (non-hydrogen) atoms. The van der Waals surface area contributed by atoms with E-state index in [1.807, 2.05) is 33.8 Å². The lowest BCUT2D eigenvalue weighted by Crippen LogP contribution is -2.28. The van der Waals surface area contributed by atoms with E-state index in [0.717, 1.165) is 55.4 Å². The highest BCUT2D eigenvalue weighted by Gasteiger charge is 2.30. The topological polar surface area (TPSA) is 126 Å². The highest BCUT2D eigenvalue weighted by Crippen LogP contribution is 2.39. The van der Waals surface area contributed by atoms with Crippen LogP contribution < -0.4 is 5.73 Å². The quantitative estimate of drug-likeness (QED) is 0.0423. The van der Waals surface area contributed by atoms with Gasteiger partial charge in [0.1, 0.15) is 0 Å². The molecule has 0 radical (unpaired) electrons. The van der Waals surface area contributed by atoms with Gasteiger partial charge in [-0.15, -0.1) is 11.7 Å². The van der Waals surface area contributed by atoms with Gasteiger partial charge < -0.3 is 5.73 Å². The van der Waals surface area contributed by atoms with Crippen molar-refractivity contribution in [1.82, 2.24) is 0 Å². The molecule has 3 unspecified atom stereocenters. The third kappa shape index (κ3) is 60.0. The number of azo groups is 1. The SMILES string of the molecule is C.C=C(C)CC(C)(C)CC(C)C.CC(C)CC(C)(C)CC(C)CC(C)(C)C#N.CC(C)CC(C)(C)CC(C)CC(C)(C)C#N.CC(C)CC(C)(C)CC(C)CC(C)(C)CN.II.[C-]#[N+]C(C)(C)N=NC(C)(C)C#N.[HH].[HH]. The number of rotatable bonds is 25. The Morgan fingerprint density at radius 1 is 0.486 bits per heavy atom. The van der Waals surface area contributed by atoms with Crippen LogP contribution in [0.4, 0.5) is 0 Å². The summed E-state index contributed by atoms with van der Waals surface area (Å²) in [7, 11) is 0. The maximum Gasteiger partial charge on any atom is 0.335 e. The summed E-state index contributed by atoms with van der Waals surface area (Å²) in [6, 6.07) is 6.77. The molecular weight excluding hydrogens is 1130 g/mol. The molecule has 0 aliphatic carbocycles. The molecule has 0 aliphatic heterocycles. The van der Waals surface area contributed by atoms with Gasteiger partial charge in [-0.25, -0.2) is 6.57 Å². The highest BCUT2D eigenvalue weighted by molar-refractivity contribution is 15.0. The first-order valence-electron chi connectivity index (χ1n) is 27.9. The molecule has 7 nitrogen and oxygen atoms in total. The zero-order valence-electron chi connectivity index (χ0n) is 54.3. The van der Waals surface area contributed by atoms with Crippen LogP contribution in [0.1, 0.15) is 289 Å². The van der Waals surface area contributed by atoms with Crippen LogP contribution in [-0.2, 0) is 0 Å². The standard InChI is InChI=1S/C15H33N.2C15H29N.C11H22.C8H12N4.CH4.I2.2H2/c3*1-12(2)8-14(4,5)9-13(3)10-15(6,7)11-16;1-9(2)7-11(5,6)8-10(3)4;1-7(2,6-9)11-12-8(3,4)10-5;;1-2;;/h12-13H,8-11,16H2,1-7H3;2*12-13H,8-10H2,1-7H3;10H,1,7-8H2,2-6H3;1-4H3;1H4;;2*1H. The predicted molar refractivity (Wildman–Crippen MR) is 353 cm³/mol. The second-order valence-electron chi connectivity index (χ2n) is 30.6. The van der Waals surface area contributed by atoms with Gasteiger partial charge in [0, 0.05) is 53.9 Å². The second-order valence-corrected chi connectivity index (χ2v) is 30.6. The van der Waals surface area contributed by atoms with Gasteiger partial charge in [-0.2, -0.15) is 20.9 Å². The van der Waals surface area contributed by atoms with E-state index in [4.69, 9.17) is 28.1 Å². The van der Waals surface area contributed by atoms with Crippen molar-refractivity contribution in [3.63, 3.8) is 0 Å². The van der Waals surface area contributed by atoms with Crippen molar-refractivity contribution in [3.05, 3.63) is 23.6 Å². The van der Waals surface area contributed by atoms with Gasteiger partial charge >= 0.3 is 5.66 Å². The summed E-state index contributed by atoms with van der Waals surface area (Å²) in [6.07, 6.45) is 13.3. The fraction of sp³-hybridized carbons (Fsp3) is 0.908. The highest BCUT2D eigenvalue weighted by atomic mass is 128. The van der Waals surface area contributed by atoms with Crippen molar-refractivity contribution in [3.8, 4) is 18.2 Å². The fourth-order valence-corrected chi connectivity index (χ4v) is 11.8. The van der Waals surface area contributed by atoms with Crippen LogP contribution in [0, 0.1) is 120 Å². The Kier molecular flexibility index (Phi) is 46.8. The lowest BCUT2D eigenvalue weighted by Gasteiger charge is -2.33. The van der Waals surface area contributed by atoms with Crippen LogP contribution in [0.2, 0.25) is 0 Å². The third-order valence-electron chi connectivity index (χ3n) is 12.2. The van der Waals surface area contributed by atoms with Gasteiger partial charge in [0.15, 0.2) is 5.54 Å². The average molecular weight is 1270 g/mol. The average Bonchev–Trinajstić information content (AvgIpc) is 3.15. The van der Waals surface area contributed by atoms with Crippen LogP contribution in [-0.4, -0.2) is 17.7 Å². The van der Waals surface area contributed by atoms with Crippen LogP contribution >= 0.6 is 37.2 Å². The van der Waals surface area contributed by atoms with Crippen molar-refractivity contribution in [2.24, 2.45) is 95.3 Å². The molecule has 0 aromatic carbocycles. The lowest BCUT2D eigenvalue weighted by molar-refractivity contribution is 0.186. The van der Waals surface area contributed by atoms with Crippen LogP contribution in [0.25, 0.3) is 4.85 Å². The molecule has 0 heterocycles. The number of halogens is 2. The Balaban J connectivity index is -0.000000104. The summed E-state index contributed by atoms with van der Waals surface area (Å²) in [5.74, 6) is 5.13. The summed E-state index contributed by atoms with van der Waals surface area (Å²) in [6.45, 7) is 77.0. The van der Waals surface area contributed by atoms with Gasteiger partial charge in [-0.05, 0) is 194 Å². The van der Waals surface area contributed by atoms with Crippen molar-refractivity contribution in [1.29, 1.82) is 15.8 Å². The number of allylic oxidation sites excluding steroid dienone is 1. The molecule has 0 aromatic rings. The first kappa shape index (κ1) is 86.6. The van der Waals surface area contributed by atoms with Crippen molar-refractivity contribution in [2.75, 3.05) is 6.54 Å². The molecular formula is C65H133I2N7. The van der Waals surface area contributed by atoms with Crippen LogP contribution in [0.5, 0.6) is 0 Å². The molecule has 0 bridgehead atoms. The van der Waals surface area contributed by atoms with E-state index in [9.17, 15) is 0 Å². The van der Waals surface area contributed by atoms with E-state index in [2.05, 4.69) is 223 Å². The Morgan fingerprint density at radius 3 is 0.959 bits per heavy atom. The fourth-order valence-electron chi connectivity index (χ4n) is 11.8. The molecule has 3 atom stereocenters. The lowest BCUT2D eigenvalue weighted by atomic mass is 9.73. The number of hydrogen-bond donors (Lipinski definition) is 1. The number of nitriles is 3.